The van der Waals surface area contributed by atoms with Crippen molar-refractivity contribution in [1.82, 2.24) is 5.32 Å². The molecule has 0 fully saturated rings. The average Bonchev–Trinajstić information content (AvgIpc) is 2.35. The second kappa shape index (κ2) is 7.01. The summed E-state index contributed by atoms with van der Waals surface area (Å²) in [6.07, 6.45) is -0.536. The van der Waals surface area contributed by atoms with Crippen molar-refractivity contribution in [2.24, 2.45) is 0 Å². The number of nitrogen functional groups attached to an aromatic ring is 1. The summed E-state index contributed by atoms with van der Waals surface area (Å²) in [5.74, 6) is -2.98. The van der Waals surface area contributed by atoms with Crippen molar-refractivity contribution in [3.8, 4) is 0 Å². The molecule has 0 aliphatic heterocycles. The normalized spacial score (nSPS) is 12.2. The van der Waals surface area contributed by atoms with Gasteiger partial charge in [-0.2, -0.15) is 0 Å². The summed E-state index contributed by atoms with van der Waals surface area (Å²) in [4.78, 5) is 11.6. The Kier molecular flexibility index (Phi) is 5.65. The molecule has 1 aromatic carbocycles. The summed E-state index contributed by atoms with van der Waals surface area (Å²) >= 11 is 0. The van der Waals surface area contributed by atoms with Crippen LogP contribution in [0.2, 0.25) is 0 Å². The molecule has 0 bridgehead atoms. The van der Waals surface area contributed by atoms with Gasteiger partial charge in [-0.25, -0.2) is 8.78 Å². The molecule has 0 radical (unpaired) electrons. The number of aliphatic hydroxyl groups excluding tert-OH is 1. The number of hydrogen-bond acceptors (Lipinski definition) is 4. The highest BCUT2D eigenvalue weighted by molar-refractivity contribution is 5.95. The van der Waals surface area contributed by atoms with Crippen LogP contribution in [0.4, 0.5) is 14.5 Å². The van der Waals surface area contributed by atoms with Crippen LogP contribution in [0.15, 0.2) is 12.1 Å². The zero-order valence-corrected chi connectivity index (χ0v) is 10.5. The Morgan fingerprint density at radius 3 is 2.84 bits per heavy atom. The summed E-state index contributed by atoms with van der Waals surface area (Å²) in [5.41, 5.74) is 4.24. The number of methoxy groups -OCH3 is 1. The summed E-state index contributed by atoms with van der Waals surface area (Å²) in [6.45, 7) is 0.188. The van der Waals surface area contributed by atoms with Crippen molar-refractivity contribution < 1.29 is 23.4 Å². The van der Waals surface area contributed by atoms with Gasteiger partial charge in [0.15, 0.2) is 5.82 Å². The number of hydrogen-bond donors (Lipinski definition) is 3. The Morgan fingerprint density at radius 2 is 2.21 bits per heavy atom. The predicted molar refractivity (Wildman–Crippen MR) is 65.6 cm³/mol. The lowest BCUT2D eigenvalue weighted by atomic mass is 10.1. The maximum absolute atomic E-state index is 13.5. The second-order valence-electron chi connectivity index (χ2n) is 3.98. The van der Waals surface area contributed by atoms with E-state index in [2.05, 4.69) is 5.32 Å². The van der Waals surface area contributed by atoms with E-state index in [0.717, 1.165) is 12.1 Å². The van der Waals surface area contributed by atoms with Crippen LogP contribution in [0.3, 0.4) is 0 Å². The summed E-state index contributed by atoms with van der Waals surface area (Å²) in [5, 5.41) is 11.6. The third-order valence-corrected chi connectivity index (χ3v) is 2.47. The van der Waals surface area contributed by atoms with Gasteiger partial charge in [0, 0.05) is 13.7 Å². The molecular weight excluding hydrogens is 258 g/mol. The zero-order valence-electron chi connectivity index (χ0n) is 10.5. The van der Waals surface area contributed by atoms with Crippen LogP contribution in [0.5, 0.6) is 0 Å². The fraction of sp³-hybridized carbons (Fsp3) is 0.417. The molecule has 7 heteroatoms. The molecule has 1 aromatic rings. The fourth-order valence-corrected chi connectivity index (χ4v) is 1.49. The first-order valence-corrected chi connectivity index (χ1v) is 5.66. The van der Waals surface area contributed by atoms with Gasteiger partial charge in [0.2, 0.25) is 0 Å². The first kappa shape index (κ1) is 15.3. The van der Waals surface area contributed by atoms with E-state index in [1.165, 1.54) is 7.11 Å². The lowest BCUT2D eigenvalue weighted by Crippen LogP contribution is -2.30. The van der Waals surface area contributed by atoms with Crippen LogP contribution in [-0.4, -0.2) is 37.4 Å². The highest BCUT2D eigenvalue weighted by Crippen LogP contribution is 2.18. The molecule has 106 valence electrons. The number of aliphatic hydroxyl groups is 1. The molecule has 0 aromatic heterocycles. The van der Waals surface area contributed by atoms with Crippen molar-refractivity contribution in [3.05, 3.63) is 29.3 Å². The van der Waals surface area contributed by atoms with E-state index in [-0.39, 0.29) is 25.3 Å². The molecule has 4 N–H and O–H groups in total. The minimum absolute atomic E-state index is 0.0665. The Hall–Kier alpha value is -1.73. The Balaban J connectivity index is 2.62. The molecule has 0 saturated carbocycles. The first-order valence-electron chi connectivity index (χ1n) is 5.66. The van der Waals surface area contributed by atoms with Gasteiger partial charge in [-0.05, 0) is 18.6 Å². The van der Waals surface area contributed by atoms with Crippen LogP contribution in [0, 0.1) is 11.6 Å². The van der Waals surface area contributed by atoms with Gasteiger partial charge in [0.1, 0.15) is 11.4 Å². The van der Waals surface area contributed by atoms with Gasteiger partial charge in [-0.15, -0.1) is 0 Å². The monoisotopic (exact) mass is 274 g/mol. The van der Waals surface area contributed by atoms with E-state index in [1.807, 2.05) is 0 Å². The van der Waals surface area contributed by atoms with Crippen molar-refractivity contribution in [1.29, 1.82) is 0 Å². The third kappa shape index (κ3) is 4.15. The molecule has 1 amide bonds. The molecule has 0 aliphatic carbocycles. The number of nitrogens with two attached hydrogens (primary N) is 1. The van der Waals surface area contributed by atoms with Crippen molar-refractivity contribution in [2.75, 3.05) is 26.0 Å². The summed E-state index contributed by atoms with van der Waals surface area (Å²) < 4.78 is 31.6. The Morgan fingerprint density at radius 1 is 1.53 bits per heavy atom. The summed E-state index contributed by atoms with van der Waals surface area (Å²) in [7, 11) is 1.43. The second-order valence-corrected chi connectivity index (χ2v) is 3.98. The van der Waals surface area contributed by atoms with Gasteiger partial charge in [0.05, 0.1) is 18.4 Å². The van der Waals surface area contributed by atoms with Crippen molar-refractivity contribution in [3.63, 3.8) is 0 Å². The third-order valence-electron chi connectivity index (χ3n) is 2.47. The Labute approximate surface area is 109 Å². The average molecular weight is 274 g/mol. The smallest absolute Gasteiger partial charge is 0.257 e. The van der Waals surface area contributed by atoms with Crippen LogP contribution in [0.1, 0.15) is 16.8 Å². The van der Waals surface area contributed by atoms with Gasteiger partial charge in [-0.1, -0.05) is 0 Å². The number of amides is 1. The standard InChI is InChI=1S/C12H16F2N2O3/c1-19-6-7(17)4-5-16-12(18)10-8(13)2-3-9(15)11(10)14/h2-3,7,17H,4-6,15H2,1H3,(H,16,18). The molecule has 19 heavy (non-hydrogen) atoms. The molecule has 1 unspecified atom stereocenters. The number of ether oxygens (including phenoxy) is 1. The van der Waals surface area contributed by atoms with E-state index in [0.29, 0.717) is 0 Å². The SMILES string of the molecule is COCC(O)CCNC(=O)c1c(F)ccc(N)c1F. The number of rotatable bonds is 6. The van der Waals surface area contributed by atoms with Crippen molar-refractivity contribution >= 4 is 11.6 Å². The van der Waals surface area contributed by atoms with Crippen LogP contribution in [0.25, 0.3) is 0 Å². The largest absolute Gasteiger partial charge is 0.396 e. The quantitative estimate of drug-likeness (QED) is 0.666. The Bertz CT molecular complexity index is 455. The molecule has 0 heterocycles. The lowest BCUT2D eigenvalue weighted by Gasteiger charge is -2.11. The number of halogens is 2. The maximum Gasteiger partial charge on any atom is 0.257 e. The van der Waals surface area contributed by atoms with Gasteiger partial charge < -0.3 is 20.9 Å². The van der Waals surface area contributed by atoms with E-state index in [4.69, 9.17) is 10.5 Å². The fourth-order valence-electron chi connectivity index (χ4n) is 1.49. The molecule has 5 nitrogen and oxygen atoms in total. The number of anilines is 1. The van der Waals surface area contributed by atoms with Gasteiger partial charge in [-0.3, -0.25) is 4.79 Å². The highest BCUT2D eigenvalue weighted by atomic mass is 19.1. The zero-order chi connectivity index (χ0) is 14.4. The number of carbonyl (C=O) groups is 1. The van der Waals surface area contributed by atoms with Crippen LogP contribution < -0.4 is 11.1 Å². The molecule has 0 aliphatic rings. The topological polar surface area (TPSA) is 84.6 Å². The lowest BCUT2D eigenvalue weighted by molar-refractivity contribution is 0.0587. The number of benzene rings is 1. The predicted octanol–water partition coefficient (Wildman–Crippen LogP) is 0.674. The first-order chi connectivity index (χ1) is 8.97. The minimum Gasteiger partial charge on any atom is -0.396 e. The summed E-state index contributed by atoms with van der Waals surface area (Å²) in [6, 6.07) is 1.97. The molecule has 0 spiro atoms. The highest BCUT2D eigenvalue weighted by Gasteiger charge is 2.19. The van der Waals surface area contributed by atoms with E-state index in [1.54, 1.807) is 0 Å². The van der Waals surface area contributed by atoms with Gasteiger partial charge in [0.25, 0.3) is 5.91 Å². The van der Waals surface area contributed by atoms with Crippen LogP contribution >= 0.6 is 0 Å². The molecular formula is C12H16F2N2O3. The molecule has 0 saturated heterocycles. The van der Waals surface area contributed by atoms with E-state index >= 15 is 0 Å². The van der Waals surface area contributed by atoms with Crippen LogP contribution in [-0.2, 0) is 4.74 Å². The number of carbonyl (C=O) groups excluding carboxylic acids is 1. The minimum atomic E-state index is -1.09. The van der Waals surface area contributed by atoms with Gasteiger partial charge >= 0.3 is 0 Å². The molecule has 1 atom stereocenters. The molecule has 1 rings (SSSR count). The van der Waals surface area contributed by atoms with E-state index < -0.39 is 29.2 Å². The van der Waals surface area contributed by atoms with Crippen molar-refractivity contribution in [2.45, 2.75) is 12.5 Å². The van der Waals surface area contributed by atoms with E-state index in [9.17, 15) is 18.7 Å². The maximum atomic E-state index is 13.5. The number of nitrogens with one attached hydrogen (secondary N) is 1.